The average Bonchev–Trinajstić information content (AvgIpc) is 3.71. The highest BCUT2D eigenvalue weighted by atomic mass is 19.4. The highest BCUT2D eigenvalue weighted by molar-refractivity contribution is 6.02. The summed E-state index contributed by atoms with van der Waals surface area (Å²) >= 11 is 0. The molecule has 0 spiro atoms. The molecule has 1 atom stereocenters. The van der Waals surface area contributed by atoms with E-state index in [4.69, 9.17) is 10.5 Å². The van der Waals surface area contributed by atoms with Crippen molar-refractivity contribution in [3.8, 4) is 11.1 Å². The van der Waals surface area contributed by atoms with Crippen LogP contribution in [0.1, 0.15) is 83.2 Å². The van der Waals surface area contributed by atoms with Gasteiger partial charge in [-0.05, 0) is 99.4 Å². The third kappa shape index (κ3) is 9.03. The van der Waals surface area contributed by atoms with Gasteiger partial charge in [0.15, 0.2) is 0 Å². The van der Waals surface area contributed by atoms with Crippen molar-refractivity contribution >= 4 is 45.7 Å². The number of nitrogens with two attached hydrogens (primary N) is 1. The molecule has 1 aliphatic carbocycles. The number of aromatic amines is 3. The predicted octanol–water partition coefficient (Wildman–Crippen LogP) is 7.30. The molecule has 55 heavy (non-hydrogen) atoms. The number of alkyl halides is 3. The Balaban J connectivity index is 1.27. The van der Waals surface area contributed by atoms with Gasteiger partial charge in [0.05, 0.1) is 27.6 Å². The lowest BCUT2D eigenvalue weighted by Crippen LogP contribution is -2.52. The summed E-state index contributed by atoms with van der Waals surface area (Å²) in [5.41, 5.74) is 6.97. The molecule has 0 radical (unpaired) electrons. The molecule has 1 fully saturated rings. The van der Waals surface area contributed by atoms with Crippen molar-refractivity contribution in [1.29, 1.82) is 0 Å². The van der Waals surface area contributed by atoms with E-state index in [1.54, 1.807) is 63.2 Å². The minimum atomic E-state index is -4.64. The van der Waals surface area contributed by atoms with E-state index in [0.29, 0.717) is 71.4 Å². The maximum absolute atomic E-state index is 14.5. The Morgan fingerprint density at radius 3 is 2.22 bits per heavy atom. The number of imidazole rings is 2. The van der Waals surface area contributed by atoms with E-state index in [9.17, 15) is 32.3 Å². The summed E-state index contributed by atoms with van der Waals surface area (Å²) in [4.78, 5) is 66.2. The molecule has 1 saturated carbocycles. The number of halogens is 3. The Kier molecular flexibility index (Phi) is 10.9. The number of H-pyrrole nitrogens is 3. The van der Waals surface area contributed by atoms with Crippen LogP contribution in [0.4, 0.5) is 23.7 Å². The number of carbonyl (C=O) groups excluding carboxylic acids is 3. The third-order valence-corrected chi connectivity index (χ3v) is 9.97. The molecule has 0 aliphatic heterocycles. The predicted molar refractivity (Wildman–Crippen MR) is 203 cm³/mol. The summed E-state index contributed by atoms with van der Waals surface area (Å²) in [6.45, 7) is 9.55. The molecule has 5 aromatic rings. The van der Waals surface area contributed by atoms with E-state index in [1.165, 1.54) is 11.0 Å². The number of alkyl carbamates (subject to hydrolysis) is 1. The Morgan fingerprint density at radius 1 is 0.927 bits per heavy atom. The average molecular weight is 762 g/mol. The van der Waals surface area contributed by atoms with Gasteiger partial charge in [-0.15, -0.1) is 0 Å². The van der Waals surface area contributed by atoms with Crippen molar-refractivity contribution in [2.24, 2.45) is 17.6 Å². The molecule has 2 aromatic heterocycles. The largest absolute Gasteiger partial charge is 0.444 e. The van der Waals surface area contributed by atoms with Gasteiger partial charge in [0.2, 0.25) is 11.8 Å². The number of nitrogens with zero attached hydrogens (tertiary/aromatic N) is 2. The standard InChI is InChI=1S/C40H46F3N7O5/c1-21(2)35-46-31-18-27(28(40(41,42)43)19-32(31)47-35)24-10-6-22(7-11-24)16-33(34(44)51)50(26-14-15-29-30(17-26)49-37(53)48-29)36(52)25-12-8-23(9-13-25)20-45-38(54)55-39(3,4)5/h6-7,10-11,14-15,17-19,21,23,25,33H,8-9,12-13,16,20H2,1-5H3,(H2,44,51)(H,45,54)(H,46,47)(H2,48,49,53)/t23-,25-,33-/m0/s1. The summed E-state index contributed by atoms with van der Waals surface area (Å²) in [7, 11) is 0. The minimum absolute atomic E-state index is 0.00973. The smallest absolute Gasteiger partial charge is 0.417 e. The van der Waals surface area contributed by atoms with Crippen LogP contribution >= 0.6 is 0 Å². The molecule has 15 heteroatoms. The zero-order valence-corrected chi connectivity index (χ0v) is 31.4. The van der Waals surface area contributed by atoms with Crippen molar-refractivity contribution in [3.63, 3.8) is 0 Å². The van der Waals surface area contributed by atoms with Crippen LogP contribution in [-0.2, 0) is 26.9 Å². The number of anilines is 1. The fourth-order valence-electron chi connectivity index (χ4n) is 7.17. The van der Waals surface area contributed by atoms with Gasteiger partial charge >= 0.3 is 18.0 Å². The van der Waals surface area contributed by atoms with Crippen LogP contribution in [0.5, 0.6) is 0 Å². The van der Waals surface area contributed by atoms with Crippen LogP contribution in [0.15, 0.2) is 59.4 Å². The SMILES string of the molecule is CC(C)c1nc2cc(C(F)(F)F)c(-c3ccc(C[C@@H](C(N)=O)N(c4ccc5[nH]c(=O)[nH]c5c4)C(=O)[C@H]4CC[C@H](CNC(=O)OC(C)(C)C)CC4)cc3)cc2[nH]1. The van der Waals surface area contributed by atoms with Gasteiger partial charge in [-0.3, -0.25) is 14.5 Å². The van der Waals surface area contributed by atoms with E-state index >= 15 is 0 Å². The summed E-state index contributed by atoms with van der Waals surface area (Å²) in [5, 5.41) is 2.81. The molecule has 3 amide bonds. The molecule has 292 valence electrons. The second-order valence-corrected chi connectivity index (χ2v) is 15.6. The van der Waals surface area contributed by atoms with Gasteiger partial charge in [-0.25, -0.2) is 14.6 Å². The maximum atomic E-state index is 14.5. The summed E-state index contributed by atoms with van der Waals surface area (Å²) in [6, 6.07) is 12.6. The quantitative estimate of drug-likeness (QED) is 0.0997. The Morgan fingerprint density at radius 2 is 1.60 bits per heavy atom. The molecule has 2 heterocycles. The molecule has 0 bridgehead atoms. The zero-order valence-electron chi connectivity index (χ0n) is 31.4. The topological polar surface area (TPSA) is 179 Å². The highest BCUT2D eigenvalue weighted by Gasteiger charge is 2.37. The van der Waals surface area contributed by atoms with Crippen molar-refractivity contribution in [1.82, 2.24) is 25.3 Å². The molecular weight excluding hydrogens is 715 g/mol. The van der Waals surface area contributed by atoms with E-state index in [-0.39, 0.29) is 35.2 Å². The Bertz CT molecular complexity index is 2260. The van der Waals surface area contributed by atoms with Crippen molar-refractivity contribution in [2.45, 2.75) is 90.5 Å². The highest BCUT2D eigenvalue weighted by Crippen LogP contribution is 2.40. The zero-order chi connectivity index (χ0) is 39.8. The van der Waals surface area contributed by atoms with Crippen LogP contribution in [0.2, 0.25) is 0 Å². The fraction of sp³-hybridized carbons (Fsp3) is 0.425. The number of nitrogens with one attached hydrogen (secondary N) is 4. The minimum Gasteiger partial charge on any atom is -0.444 e. The lowest BCUT2D eigenvalue weighted by Gasteiger charge is -2.36. The molecule has 1 aliphatic rings. The number of hydrogen-bond donors (Lipinski definition) is 5. The van der Waals surface area contributed by atoms with Crippen molar-refractivity contribution in [2.75, 3.05) is 11.4 Å². The van der Waals surface area contributed by atoms with E-state index in [0.717, 1.165) is 6.07 Å². The van der Waals surface area contributed by atoms with Crippen LogP contribution in [0.25, 0.3) is 33.2 Å². The lowest BCUT2D eigenvalue weighted by atomic mass is 9.81. The first-order valence-electron chi connectivity index (χ1n) is 18.4. The number of benzene rings is 3. The molecule has 12 nitrogen and oxygen atoms in total. The molecule has 0 saturated heterocycles. The van der Waals surface area contributed by atoms with Gasteiger partial charge in [-0.2, -0.15) is 13.2 Å². The number of aromatic nitrogens is 4. The summed E-state index contributed by atoms with van der Waals surface area (Å²) < 4.78 is 48.3. The van der Waals surface area contributed by atoms with Crippen LogP contribution < -0.4 is 21.6 Å². The normalized spacial score (nSPS) is 17.0. The fourth-order valence-corrected chi connectivity index (χ4v) is 7.17. The molecule has 0 unspecified atom stereocenters. The molecule has 6 rings (SSSR count). The third-order valence-electron chi connectivity index (χ3n) is 9.97. The molecule has 6 N–H and O–H groups in total. The van der Waals surface area contributed by atoms with Gasteiger partial charge in [-0.1, -0.05) is 38.1 Å². The summed E-state index contributed by atoms with van der Waals surface area (Å²) in [5.74, 6) is -0.861. The number of primary amides is 1. The van der Waals surface area contributed by atoms with E-state index in [1.807, 2.05) is 13.8 Å². The van der Waals surface area contributed by atoms with Crippen LogP contribution in [-0.4, -0.2) is 56.0 Å². The number of rotatable bonds is 10. The van der Waals surface area contributed by atoms with Crippen LogP contribution in [0.3, 0.4) is 0 Å². The number of carbonyl (C=O) groups is 3. The number of amides is 3. The van der Waals surface area contributed by atoms with Gasteiger partial charge in [0, 0.05) is 30.5 Å². The second-order valence-electron chi connectivity index (χ2n) is 15.6. The Hall–Kier alpha value is -5.60. The number of ether oxygens (including phenoxy) is 1. The monoisotopic (exact) mass is 761 g/mol. The Labute approximate surface area is 315 Å². The van der Waals surface area contributed by atoms with E-state index < -0.39 is 47.0 Å². The lowest BCUT2D eigenvalue weighted by molar-refractivity contribution is -0.137. The van der Waals surface area contributed by atoms with Gasteiger partial charge in [0.25, 0.3) is 0 Å². The van der Waals surface area contributed by atoms with Gasteiger partial charge < -0.3 is 30.7 Å². The number of fused-ring (bicyclic) bond motifs is 2. The van der Waals surface area contributed by atoms with Crippen molar-refractivity contribution in [3.05, 3.63) is 82.0 Å². The molecule has 3 aromatic carbocycles. The first kappa shape index (κ1) is 39.1. The maximum Gasteiger partial charge on any atom is 0.417 e. The van der Waals surface area contributed by atoms with Gasteiger partial charge in [0.1, 0.15) is 17.5 Å². The summed E-state index contributed by atoms with van der Waals surface area (Å²) in [6.07, 6.45) is -2.88. The second kappa shape index (κ2) is 15.3. The van der Waals surface area contributed by atoms with Crippen LogP contribution in [0, 0.1) is 11.8 Å². The first-order chi connectivity index (χ1) is 25.9. The number of hydrogen-bond acceptors (Lipinski definition) is 6. The molecular formula is C40H46F3N7O5. The van der Waals surface area contributed by atoms with Crippen molar-refractivity contribution < 1.29 is 32.3 Å². The first-order valence-corrected chi connectivity index (χ1v) is 18.4. The van der Waals surface area contributed by atoms with E-state index in [2.05, 4.69) is 25.3 Å².